The SMILES string of the molecule is [C-]#[N+]c1ccc2c(c1)c1ccccc1n2-c1cc(-c2ccc([Si](c3ccccc3)(c3ccccc3)c3ccccc3)cc2)ccc1[N+]#[C-]. The van der Waals surface area contributed by atoms with Crippen molar-refractivity contribution in [2.45, 2.75) is 0 Å². The Hall–Kier alpha value is -6.46. The van der Waals surface area contributed by atoms with Crippen LogP contribution in [-0.2, 0) is 0 Å². The number of para-hydroxylation sites is 1. The standard InChI is InChI=1S/C44H29N3Si/c1-45-34-25-29-43-40(31-34)39-20-12-13-21-42(39)47(43)44-30-33(24-28-41(44)46-2)32-22-26-38(27-23-32)48(35-14-6-3-7-15-35,36-16-8-4-9-17-36)37-18-10-5-11-19-37/h3-31H. The van der Waals surface area contributed by atoms with Crippen LogP contribution >= 0.6 is 0 Å². The lowest BCUT2D eigenvalue weighted by molar-refractivity contribution is 1.19. The quantitative estimate of drug-likeness (QED) is 0.0993. The first-order valence-electron chi connectivity index (χ1n) is 15.9. The molecule has 0 unspecified atom stereocenters. The van der Waals surface area contributed by atoms with Gasteiger partial charge < -0.3 is 4.57 Å². The Morgan fingerprint density at radius 3 is 1.52 bits per heavy atom. The summed E-state index contributed by atoms with van der Waals surface area (Å²) >= 11 is 0. The highest BCUT2D eigenvalue weighted by Crippen LogP contribution is 2.38. The Morgan fingerprint density at radius 2 is 0.938 bits per heavy atom. The second-order valence-corrected chi connectivity index (χ2v) is 15.7. The number of benzene rings is 7. The summed E-state index contributed by atoms with van der Waals surface area (Å²) in [5.41, 5.74) is 6.13. The predicted octanol–water partition coefficient (Wildman–Crippen LogP) is 8.93. The fraction of sp³-hybridized carbons (Fsp3) is 0. The van der Waals surface area contributed by atoms with E-state index in [1.807, 2.05) is 42.5 Å². The second-order valence-electron chi connectivity index (χ2n) is 11.9. The molecule has 0 saturated carbocycles. The molecule has 0 aliphatic heterocycles. The summed E-state index contributed by atoms with van der Waals surface area (Å²) in [4.78, 5) is 7.62. The highest BCUT2D eigenvalue weighted by atomic mass is 28.3. The summed E-state index contributed by atoms with van der Waals surface area (Å²) < 4.78 is 2.17. The molecule has 0 amide bonds. The van der Waals surface area contributed by atoms with Gasteiger partial charge in [0.05, 0.1) is 29.9 Å². The Labute approximate surface area is 281 Å². The molecule has 224 valence electrons. The summed E-state index contributed by atoms with van der Waals surface area (Å²) in [6, 6.07) is 62.0. The van der Waals surface area contributed by atoms with Crippen LogP contribution in [0.5, 0.6) is 0 Å². The molecule has 0 atom stereocenters. The third-order valence-electron chi connectivity index (χ3n) is 9.39. The van der Waals surface area contributed by atoms with E-state index >= 15 is 0 Å². The monoisotopic (exact) mass is 627 g/mol. The minimum atomic E-state index is -2.63. The van der Waals surface area contributed by atoms with Gasteiger partial charge in [0.15, 0.2) is 13.8 Å². The van der Waals surface area contributed by atoms with E-state index in [9.17, 15) is 0 Å². The van der Waals surface area contributed by atoms with Crippen molar-refractivity contribution in [1.29, 1.82) is 0 Å². The molecule has 1 aromatic heterocycles. The lowest BCUT2D eigenvalue weighted by atomic mass is 10.0. The van der Waals surface area contributed by atoms with Crippen LogP contribution in [-0.4, -0.2) is 12.6 Å². The van der Waals surface area contributed by atoms with Crippen LogP contribution < -0.4 is 20.7 Å². The molecule has 48 heavy (non-hydrogen) atoms. The van der Waals surface area contributed by atoms with E-state index in [1.165, 1.54) is 20.7 Å². The molecule has 8 aromatic rings. The first kappa shape index (κ1) is 29.0. The van der Waals surface area contributed by atoms with Crippen molar-refractivity contribution in [2.75, 3.05) is 0 Å². The number of nitrogens with zero attached hydrogens (tertiary/aromatic N) is 3. The van der Waals surface area contributed by atoms with Crippen molar-refractivity contribution in [1.82, 2.24) is 4.57 Å². The van der Waals surface area contributed by atoms with Gasteiger partial charge in [-0.25, -0.2) is 9.69 Å². The second kappa shape index (κ2) is 12.0. The van der Waals surface area contributed by atoms with Crippen LogP contribution in [0.1, 0.15) is 0 Å². The molecular weight excluding hydrogens is 599 g/mol. The summed E-state index contributed by atoms with van der Waals surface area (Å²) in [6.07, 6.45) is 0. The topological polar surface area (TPSA) is 13.6 Å². The maximum atomic E-state index is 8.06. The smallest absolute Gasteiger partial charge is 0.210 e. The number of aromatic nitrogens is 1. The fourth-order valence-electron chi connectivity index (χ4n) is 7.24. The van der Waals surface area contributed by atoms with E-state index in [4.69, 9.17) is 13.1 Å². The molecule has 0 aliphatic carbocycles. The largest absolute Gasteiger partial charge is 0.319 e. The average molecular weight is 628 g/mol. The van der Waals surface area contributed by atoms with Crippen LogP contribution in [0.3, 0.4) is 0 Å². The Bertz CT molecular complexity index is 2410. The molecule has 0 aliphatic rings. The van der Waals surface area contributed by atoms with Gasteiger partial charge in [0.25, 0.3) is 0 Å². The summed E-state index contributed by atoms with van der Waals surface area (Å²) in [5.74, 6) is 0. The molecule has 0 radical (unpaired) electrons. The Morgan fingerprint density at radius 1 is 0.417 bits per heavy atom. The van der Waals surface area contributed by atoms with Crippen LogP contribution in [0.2, 0.25) is 0 Å². The van der Waals surface area contributed by atoms with Crippen molar-refractivity contribution >= 4 is 62.0 Å². The van der Waals surface area contributed by atoms with E-state index in [0.717, 1.165) is 38.6 Å². The molecule has 3 nitrogen and oxygen atoms in total. The van der Waals surface area contributed by atoms with Gasteiger partial charge in [0, 0.05) is 5.39 Å². The average Bonchev–Trinajstić information content (AvgIpc) is 3.50. The third kappa shape index (κ3) is 4.64. The highest BCUT2D eigenvalue weighted by molar-refractivity contribution is 7.19. The van der Waals surface area contributed by atoms with E-state index in [0.29, 0.717) is 11.4 Å². The van der Waals surface area contributed by atoms with Crippen molar-refractivity contribution < 1.29 is 0 Å². The molecule has 0 spiro atoms. The van der Waals surface area contributed by atoms with Gasteiger partial charge in [-0.05, 0) is 61.5 Å². The fourth-order valence-corrected chi connectivity index (χ4v) is 12.0. The van der Waals surface area contributed by atoms with Crippen LogP contribution in [0.4, 0.5) is 11.4 Å². The molecule has 0 fully saturated rings. The van der Waals surface area contributed by atoms with Gasteiger partial charge in [-0.3, -0.25) is 0 Å². The van der Waals surface area contributed by atoms with Crippen molar-refractivity contribution in [3.05, 3.63) is 199 Å². The van der Waals surface area contributed by atoms with Crippen LogP contribution in [0, 0.1) is 13.1 Å². The predicted molar refractivity (Wildman–Crippen MR) is 202 cm³/mol. The zero-order valence-electron chi connectivity index (χ0n) is 26.1. The van der Waals surface area contributed by atoms with Crippen LogP contribution in [0.25, 0.3) is 48.3 Å². The summed E-state index contributed by atoms with van der Waals surface area (Å²) in [6.45, 7) is 15.6. The normalized spacial score (nSPS) is 11.3. The number of hydrogen-bond acceptors (Lipinski definition) is 0. The van der Waals surface area contributed by atoms with E-state index in [2.05, 4.69) is 148 Å². The minimum absolute atomic E-state index is 0.580. The zero-order chi connectivity index (χ0) is 32.5. The number of hydrogen-bond donors (Lipinski definition) is 0. The first-order chi connectivity index (χ1) is 23.7. The van der Waals surface area contributed by atoms with Crippen molar-refractivity contribution in [3.63, 3.8) is 0 Å². The molecule has 1 heterocycles. The molecule has 4 heteroatoms. The molecular formula is C44H29N3Si. The third-order valence-corrected chi connectivity index (χ3v) is 14.2. The maximum absolute atomic E-state index is 8.06. The number of rotatable bonds is 6. The van der Waals surface area contributed by atoms with Crippen LogP contribution in [0.15, 0.2) is 176 Å². The van der Waals surface area contributed by atoms with E-state index < -0.39 is 8.07 Å². The van der Waals surface area contributed by atoms with Gasteiger partial charge in [-0.1, -0.05) is 152 Å². The highest BCUT2D eigenvalue weighted by Gasteiger charge is 2.41. The van der Waals surface area contributed by atoms with E-state index in [1.54, 1.807) is 0 Å². The minimum Gasteiger partial charge on any atom is -0.319 e. The molecule has 7 aromatic carbocycles. The lowest BCUT2D eigenvalue weighted by Crippen LogP contribution is -2.74. The summed E-state index contributed by atoms with van der Waals surface area (Å²) in [7, 11) is -2.63. The molecule has 8 rings (SSSR count). The Kier molecular flexibility index (Phi) is 7.27. The Balaban J connectivity index is 1.31. The zero-order valence-corrected chi connectivity index (χ0v) is 27.1. The summed E-state index contributed by atoms with van der Waals surface area (Å²) in [5, 5.41) is 7.40. The lowest BCUT2D eigenvalue weighted by Gasteiger charge is -2.34. The van der Waals surface area contributed by atoms with Gasteiger partial charge in [-0.15, -0.1) is 0 Å². The first-order valence-corrected chi connectivity index (χ1v) is 17.9. The number of fused-ring (bicyclic) bond motifs is 3. The van der Waals surface area contributed by atoms with E-state index in [-0.39, 0.29) is 0 Å². The molecule has 0 N–H and O–H groups in total. The van der Waals surface area contributed by atoms with Crippen molar-refractivity contribution in [2.24, 2.45) is 0 Å². The van der Waals surface area contributed by atoms with Gasteiger partial charge >= 0.3 is 0 Å². The molecule has 0 bridgehead atoms. The van der Waals surface area contributed by atoms with Crippen molar-refractivity contribution in [3.8, 4) is 16.8 Å². The van der Waals surface area contributed by atoms with Gasteiger partial charge in [0.2, 0.25) is 5.69 Å². The molecule has 0 saturated heterocycles. The van der Waals surface area contributed by atoms with Gasteiger partial charge in [-0.2, -0.15) is 0 Å². The van der Waals surface area contributed by atoms with Gasteiger partial charge in [0.1, 0.15) is 0 Å². The maximum Gasteiger partial charge on any atom is 0.210 e.